The molecule has 4 rings (SSSR count). The molecule has 35 heavy (non-hydrogen) atoms. The van der Waals surface area contributed by atoms with Crippen LogP contribution < -0.4 is 15.6 Å². The molecule has 0 spiro atoms. The predicted molar refractivity (Wildman–Crippen MR) is 136 cm³/mol. The van der Waals surface area contributed by atoms with Crippen molar-refractivity contribution in [1.82, 2.24) is 9.55 Å². The zero-order valence-corrected chi connectivity index (χ0v) is 20.2. The fraction of sp³-hybridized carbons (Fsp3) is 0.200. The third-order valence-electron chi connectivity index (χ3n) is 5.40. The topological polar surface area (TPSA) is 111 Å². The zero-order valence-electron chi connectivity index (χ0n) is 18.7. The molecule has 10 heteroatoms. The SMILES string of the molecule is CCCOc1ccccc1/C=C1/CCn2c1nc1cc(NC(=O)/C(Cl)=C(/Cl)C(=O)O)ccc1c2=O. The van der Waals surface area contributed by atoms with Crippen molar-refractivity contribution in [3.63, 3.8) is 0 Å². The Bertz CT molecular complexity index is 1460. The van der Waals surface area contributed by atoms with E-state index in [2.05, 4.69) is 5.32 Å². The smallest absolute Gasteiger partial charge is 0.349 e. The summed E-state index contributed by atoms with van der Waals surface area (Å²) in [6.07, 6.45) is 3.50. The molecular formula is C25H21Cl2N3O5. The lowest BCUT2D eigenvalue weighted by molar-refractivity contribution is -0.132. The van der Waals surface area contributed by atoms with Crippen molar-refractivity contribution >= 4 is 63.3 Å². The molecule has 0 saturated carbocycles. The average molecular weight is 514 g/mol. The Morgan fingerprint density at radius 1 is 1.20 bits per heavy atom. The van der Waals surface area contributed by atoms with E-state index in [1.165, 1.54) is 12.1 Å². The van der Waals surface area contributed by atoms with Crippen molar-refractivity contribution in [1.29, 1.82) is 0 Å². The monoisotopic (exact) mass is 513 g/mol. The summed E-state index contributed by atoms with van der Waals surface area (Å²) in [4.78, 5) is 41.0. The van der Waals surface area contributed by atoms with Crippen LogP contribution in [0.3, 0.4) is 0 Å². The van der Waals surface area contributed by atoms with Crippen molar-refractivity contribution in [3.05, 3.63) is 74.3 Å². The minimum absolute atomic E-state index is 0.186. The second-order valence-corrected chi connectivity index (χ2v) is 8.57. The van der Waals surface area contributed by atoms with Crippen molar-refractivity contribution < 1.29 is 19.4 Å². The lowest BCUT2D eigenvalue weighted by Gasteiger charge is -2.10. The molecule has 2 N–H and O–H groups in total. The number of halogens is 2. The number of hydrogen-bond acceptors (Lipinski definition) is 5. The highest BCUT2D eigenvalue weighted by Gasteiger charge is 2.22. The second-order valence-electron chi connectivity index (χ2n) is 7.82. The van der Waals surface area contributed by atoms with Crippen molar-refractivity contribution in [2.24, 2.45) is 0 Å². The molecule has 1 aliphatic heterocycles. The van der Waals surface area contributed by atoms with E-state index < -0.39 is 21.9 Å². The lowest BCUT2D eigenvalue weighted by Crippen LogP contribution is -2.21. The molecule has 0 fully saturated rings. The molecule has 0 bridgehead atoms. The third kappa shape index (κ3) is 5.08. The fourth-order valence-electron chi connectivity index (χ4n) is 3.74. The first kappa shape index (κ1) is 24.5. The van der Waals surface area contributed by atoms with Crippen LogP contribution in [0.15, 0.2) is 57.3 Å². The summed E-state index contributed by atoms with van der Waals surface area (Å²) in [6, 6.07) is 12.3. The number of aliphatic carboxylic acids is 1. The van der Waals surface area contributed by atoms with Gasteiger partial charge < -0.3 is 15.2 Å². The maximum absolute atomic E-state index is 13.1. The first-order valence-electron chi connectivity index (χ1n) is 10.9. The highest BCUT2D eigenvalue weighted by atomic mass is 35.5. The number of carboxylic acid groups (broad SMARTS) is 1. The van der Waals surface area contributed by atoms with E-state index in [4.69, 9.17) is 38.0 Å². The van der Waals surface area contributed by atoms with Crippen LogP contribution in [0.1, 0.15) is 31.2 Å². The molecule has 2 aromatic carbocycles. The van der Waals surface area contributed by atoms with Gasteiger partial charge in [0.05, 0.1) is 17.5 Å². The number of nitrogens with one attached hydrogen (secondary N) is 1. The Morgan fingerprint density at radius 2 is 1.97 bits per heavy atom. The van der Waals surface area contributed by atoms with Gasteiger partial charge in [-0.3, -0.25) is 14.2 Å². The maximum atomic E-state index is 13.1. The Morgan fingerprint density at radius 3 is 2.71 bits per heavy atom. The summed E-state index contributed by atoms with van der Waals surface area (Å²) in [5.74, 6) is -1.10. The molecule has 180 valence electrons. The quantitative estimate of drug-likeness (QED) is 0.437. The number of carboxylic acids is 1. The second kappa shape index (κ2) is 10.3. The summed E-state index contributed by atoms with van der Waals surface area (Å²) in [6.45, 7) is 3.15. The van der Waals surface area contributed by atoms with E-state index >= 15 is 0 Å². The van der Waals surface area contributed by atoms with Crippen LogP contribution in [-0.2, 0) is 16.1 Å². The zero-order chi connectivity index (χ0) is 25.1. The molecular weight excluding hydrogens is 493 g/mol. The number of ether oxygens (including phenoxy) is 1. The molecule has 0 radical (unpaired) electrons. The Kier molecular flexibility index (Phi) is 7.23. The number of hydrogen-bond donors (Lipinski definition) is 2. The predicted octanol–water partition coefficient (Wildman–Crippen LogP) is 4.84. The van der Waals surface area contributed by atoms with Gasteiger partial charge in [-0.2, -0.15) is 0 Å². The van der Waals surface area contributed by atoms with E-state index in [0.717, 1.165) is 23.3 Å². The number of amides is 1. The summed E-state index contributed by atoms with van der Waals surface area (Å²) >= 11 is 11.3. The van der Waals surface area contributed by atoms with E-state index in [9.17, 15) is 14.4 Å². The van der Waals surface area contributed by atoms with Gasteiger partial charge in [-0.25, -0.2) is 9.78 Å². The van der Waals surface area contributed by atoms with Crippen LogP contribution in [0.25, 0.3) is 22.6 Å². The summed E-state index contributed by atoms with van der Waals surface area (Å²) < 4.78 is 7.48. The van der Waals surface area contributed by atoms with Crippen molar-refractivity contribution in [2.75, 3.05) is 11.9 Å². The first-order valence-corrected chi connectivity index (χ1v) is 11.6. The van der Waals surface area contributed by atoms with Gasteiger partial charge >= 0.3 is 5.97 Å². The number of nitrogens with zero attached hydrogens (tertiary/aromatic N) is 2. The fourth-order valence-corrected chi connectivity index (χ4v) is 3.96. The third-order valence-corrected chi connectivity index (χ3v) is 6.20. The summed E-state index contributed by atoms with van der Waals surface area (Å²) in [5, 5.41) is 10.3. The summed E-state index contributed by atoms with van der Waals surface area (Å²) in [5.41, 5.74) is 2.27. The normalized spacial score (nSPS) is 14.5. The van der Waals surface area contributed by atoms with Gasteiger partial charge in [-0.05, 0) is 48.8 Å². The number of aromatic nitrogens is 2. The number of rotatable bonds is 7. The minimum Gasteiger partial charge on any atom is -0.493 e. The van der Waals surface area contributed by atoms with Gasteiger partial charge in [0.2, 0.25) is 0 Å². The molecule has 0 unspecified atom stereocenters. The molecule has 0 atom stereocenters. The standard InChI is InChI=1S/C25H21Cl2N3O5/c1-2-11-35-19-6-4-3-5-14(19)12-15-9-10-30-22(15)29-18-13-16(7-8-17(18)24(30)32)28-23(31)20(26)21(27)25(33)34/h3-8,12-13H,2,9-11H2,1H3,(H,28,31)(H,33,34)/b15-12-,21-20-. The first-order chi connectivity index (χ1) is 16.8. The number of benzene rings is 2. The van der Waals surface area contributed by atoms with E-state index in [1.807, 2.05) is 37.3 Å². The van der Waals surface area contributed by atoms with Gasteiger partial charge in [-0.15, -0.1) is 0 Å². The Hall–Kier alpha value is -3.62. The molecule has 0 aliphatic carbocycles. The number of allylic oxidation sites excluding steroid dienone is 1. The number of anilines is 1. The highest BCUT2D eigenvalue weighted by molar-refractivity contribution is 6.54. The van der Waals surface area contributed by atoms with Gasteiger partial charge in [-0.1, -0.05) is 48.3 Å². The largest absolute Gasteiger partial charge is 0.493 e. The van der Waals surface area contributed by atoms with Crippen LogP contribution in [0.5, 0.6) is 5.75 Å². The van der Waals surface area contributed by atoms with Crippen molar-refractivity contribution in [2.45, 2.75) is 26.3 Å². The van der Waals surface area contributed by atoms with Crippen LogP contribution in [0.4, 0.5) is 5.69 Å². The summed E-state index contributed by atoms with van der Waals surface area (Å²) in [7, 11) is 0. The molecule has 3 aromatic rings. The molecule has 1 aromatic heterocycles. The van der Waals surface area contributed by atoms with Crippen LogP contribution in [0.2, 0.25) is 0 Å². The molecule has 1 aliphatic rings. The lowest BCUT2D eigenvalue weighted by atomic mass is 10.1. The van der Waals surface area contributed by atoms with Gasteiger partial charge in [0.25, 0.3) is 11.5 Å². The van der Waals surface area contributed by atoms with Gasteiger partial charge in [0, 0.05) is 17.8 Å². The minimum atomic E-state index is -1.52. The van der Waals surface area contributed by atoms with E-state index in [1.54, 1.807) is 10.6 Å². The molecule has 1 amide bonds. The molecule has 8 nitrogen and oxygen atoms in total. The van der Waals surface area contributed by atoms with E-state index in [0.29, 0.717) is 36.3 Å². The average Bonchev–Trinajstić information content (AvgIpc) is 3.25. The maximum Gasteiger partial charge on any atom is 0.349 e. The number of fused-ring (bicyclic) bond motifs is 2. The van der Waals surface area contributed by atoms with Crippen LogP contribution >= 0.6 is 23.2 Å². The Balaban J connectivity index is 1.71. The highest BCUT2D eigenvalue weighted by Crippen LogP contribution is 2.31. The van der Waals surface area contributed by atoms with Gasteiger partial charge in [0.1, 0.15) is 21.6 Å². The number of para-hydroxylation sites is 1. The number of carbonyl (C=O) groups is 2. The van der Waals surface area contributed by atoms with Gasteiger partial charge in [0.15, 0.2) is 0 Å². The molecule has 0 saturated heterocycles. The van der Waals surface area contributed by atoms with E-state index in [-0.39, 0.29) is 11.2 Å². The van der Waals surface area contributed by atoms with Crippen LogP contribution in [-0.4, -0.2) is 33.1 Å². The molecule has 2 heterocycles. The number of carbonyl (C=O) groups excluding carboxylic acids is 1. The van der Waals surface area contributed by atoms with Crippen LogP contribution in [0, 0.1) is 0 Å². The van der Waals surface area contributed by atoms with Crippen molar-refractivity contribution in [3.8, 4) is 5.75 Å². The Labute approximate surface area is 210 Å².